The van der Waals surface area contributed by atoms with Crippen LogP contribution in [0.15, 0.2) is 30.5 Å². The Labute approximate surface area is 114 Å². The number of aromatic amines is 1. The summed E-state index contributed by atoms with van der Waals surface area (Å²) >= 11 is 0. The van der Waals surface area contributed by atoms with Gasteiger partial charge in [0.05, 0.1) is 24.7 Å². The average molecular weight is 276 g/mol. The van der Waals surface area contributed by atoms with Crippen molar-refractivity contribution in [3.8, 4) is 17.0 Å². The molecule has 104 valence electrons. The van der Waals surface area contributed by atoms with Crippen molar-refractivity contribution < 1.29 is 19.2 Å². The van der Waals surface area contributed by atoms with Crippen molar-refractivity contribution in [2.45, 2.75) is 0 Å². The first kappa shape index (κ1) is 13.6. The SMILES string of the molecule is COC(=O)c1c[nH]c(-c2ccc([N+](=O)[O-])c(OC)c2)c1. The molecule has 0 unspecified atom stereocenters. The second-order valence-corrected chi connectivity index (χ2v) is 3.94. The van der Waals surface area contributed by atoms with Gasteiger partial charge in [0.15, 0.2) is 5.75 Å². The molecule has 0 atom stereocenters. The number of nitro benzene ring substituents is 1. The van der Waals surface area contributed by atoms with Gasteiger partial charge in [0.2, 0.25) is 0 Å². The summed E-state index contributed by atoms with van der Waals surface area (Å²) in [7, 11) is 2.66. The third-order valence-electron chi connectivity index (χ3n) is 2.79. The first-order chi connectivity index (χ1) is 9.56. The van der Waals surface area contributed by atoms with E-state index in [9.17, 15) is 14.9 Å². The standard InChI is InChI=1S/C13H12N2O5/c1-19-12-6-8(3-4-11(12)15(17)18)10-5-9(7-14-10)13(16)20-2/h3-7,14H,1-2H3. The van der Waals surface area contributed by atoms with Gasteiger partial charge in [-0.2, -0.15) is 0 Å². The highest BCUT2D eigenvalue weighted by Gasteiger charge is 2.16. The Kier molecular flexibility index (Phi) is 3.69. The number of carbonyl (C=O) groups excluding carboxylic acids is 1. The van der Waals surface area contributed by atoms with Gasteiger partial charge in [-0.25, -0.2) is 4.79 Å². The fourth-order valence-electron chi connectivity index (χ4n) is 1.79. The number of nitrogens with one attached hydrogen (secondary N) is 1. The molecule has 0 spiro atoms. The molecular formula is C13H12N2O5. The van der Waals surface area contributed by atoms with Crippen LogP contribution < -0.4 is 4.74 Å². The first-order valence-electron chi connectivity index (χ1n) is 5.66. The van der Waals surface area contributed by atoms with Gasteiger partial charge in [0, 0.05) is 23.5 Å². The van der Waals surface area contributed by atoms with Gasteiger partial charge in [-0.15, -0.1) is 0 Å². The Balaban J connectivity index is 2.40. The second-order valence-electron chi connectivity index (χ2n) is 3.94. The summed E-state index contributed by atoms with van der Waals surface area (Å²) in [5.41, 5.74) is 1.57. The van der Waals surface area contributed by atoms with Crippen LogP contribution in [0.4, 0.5) is 5.69 Å². The van der Waals surface area contributed by atoms with Gasteiger partial charge in [-0.1, -0.05) is 0 Å². The van der Waals surface area contributed by atoms with Crippen LogP contribution in [0.25, 0.3) is 11.3 Å². The van der Waals surface area contributed by atoms with E-state index in [1.807, 2.05) is 0 Å². The van der Waals surface area contributed by atoms with E-state index >= 15 is 0 Å². The summed E-state index contributed by atoms with van der Waals surface area (Å²) in [5, 5.41) is 10.8. The van der Waals surface area contributed by atoms with Crippen molar-refractivity contribution in [1.82, 2.24) is 4.98 Å². The van der Waals surface area contributed by atoms with Crippen LogP contribution in [-0.2, 0) is 4.74 Å². The maximum Gasteiger partial charge on any atom is 0.339 e. The van der Waals surface area contributed by atoms with E-state index in [2.05, 4.69) is 9.72 Å². The fourth-order valence-corrected chi connectivity index (χ4v) is 1.79. The molecule has 1 aromatic carbocycles. The normalized spacial score (nSPS) is 10.1. The van der Waals surface area contributed by atoms with Crippen molar-refractivity contribution in [3.05, 3.63) is 46.1 Å². The van der Waals surface area contributed by atoms with Gasteiger partial charge in [-0.05, 0) is 18.2 Å². The molecule has 0 saturated carbocycles. The van der Waals surface area contributed by atoms with Crippen LogP contribution in [0.2, 0.25) is 0 Å². The topological polar surface area (TPSA) is 94.5 Å². The van der Waals surface area contributed by atoms with Crippen LogP contribution in [-0.4, -0.2) is 30.1 Å². The summed E-state index contributed by atoms with van der Waals surface area (Å²) in [6.07, 6.45) is 1.51. The number of aromatic nitrogens is 1. The van der Waals surface area contributed by atoms with Crippen molar-refractivity contribution in [2.75, 3.05) is 14.2 Å². The largest absolute Gasteiger partial charge is 0.490 e. The number of nitro groups is 1. The van der Waals surface area contributed by atoms with Gasteiger partial charge < -0.3 is 14.5 Å². The molecule has 2 aromatic rings. The summed E-state index contributed by atoms with van der Waals surface area (Å²) in [6, 6.07) is 6.07. The van der Waals surface area contributed by atoms with Gasteiger partial charge in [0.25, 0.3) is 0 Å². The number of carbonyl (C=O) groups is 1. The van der Waals surface area contributed by atoms with Crippen LogP contribution in [0.5, 0.6) is 5.75 Å². The quantitative estimate of drug-likeness (QED) is 0.525. The molecule has 0 radical (unpaired) electrons. The molecule has 0 bridgehead atoms. The van der Waals surface area contributed by atoms with E-state index in [1.54, 1.807) is 12.1 Å². The summed E-state index contributed by atoms with van der Waals surface area (Å²) in [5.74, 6) is -0.303. The molecule has 0 aliphatic heterocycles. The minimum atomic E-state index is -0.517. The highest BCUT2D eigenvalue weighted by molar-refractivity contribution is 5.90. The smallest absolute Gasteiger partial charge is 0.339 e. The molecule has 1 heterocycles. The predicted octanol–water partition coefficient (Wildman–Crippen LogP) is 2.39. The van der Waals surface area contributed by atoms with E-state index in [4.69, 9.17) is 4.74 Å². The lowest BCUT2D eigenvalue weighted by molar-refractivity contribution is -0.385. The number of nitrogens with zero attached hydrogens (tertiary/aromatic N) is 1. The number of methoxy groups -OCH3 is 2. The minimum Gasteiger partial charge on any atom is -0.490 e. The third kappa shape index (κ3) is 2.46. The molecule has 7 nitrogen and oxygen atoms in total. The third-order valence-corrected chi connectivity index (χ3v) is 2.79. The fraction of sp³-hybridized carbons (Fsp3) is 0.154. The molecule has 0 aliphatic rings. The van der Waals surface area contributed by atoms with E-state index in [-0.39, 0.29) is 11.4 Å². The Morgan fingerprint density at radius 1 is 1.30 bits per heavy atom. The molecule has 0 saturated heterocycles. The van der Waals surface area contributed by atoms with Crippen molar-refractivity contribution >= 4 is 11.7 Å². The average Bonchev–Trinajstić information content (AvgIpc) is 2.95. The highest BCUT2D eigenvalue weighted by Crippen LogP contribution is 2.31. The first-order valence-corrected chi connectivity index (χ1v) is 5.66. The molecule has 20 heavy (non-hydrogen) atoms. The lowest BCUT2D eigenvalue weighted by Gasteiger charge is -2.04. The molecule has 0 amide bonds. The Morgan fingerprint density at radius 2 is 2.05 bits per heavy atom. The zero-order chi connectivity index (χ0) is 14.7. The number of H-pyrrole nitrogens is 1. The Bertz CT molecular complexity index is 663. The molecule has 7 heteroatoms. The zero-order valence-electron chi connectivity index (χ0n) is 10.9. The number of ether oxygens (including phenoxy) is 2. The maximum atomic E-state index is 11.4. The summed E-state index contributed by atoms with van der Waals surface area (Å²) in [6.45, 7) is 0. The molecule has 0 fully saturated rings. The van der Waals surface area contributed by atoms with Crippen molar-refractivity contribution in [3.63, 3.8) is 0 Å². The monoisotopic (exact) mass is 276 g/mol. The van der Waals surface area contributed by atoms with Gasteiger partial charge in [0.1, 0.15) is 0 Å². The predicted molar refractivity (Wildman–Crippen MR) is 70.8 cm³/mol. The lowest BCUT2D eigenvalue weighted by Crippen LogP contribution is -1.98. The van der Waals surface area contributed by atoms with Crippen molar-refractivity contribution in [1.29, 1.82) is 0 Å². The maximum absolute atomic E-state index is 11.4. The van der Waals surface area contributed by atoms with Gasteiger partial charge >= 0.3 is 11.7 Å². The zero-order valence-corrected chi connectivity index (χ0v) is 10.9. The number of esters is 1. The van der Waals surface area contributed by atoms with E-state index in [0.717, 1.165) is 0 Å². The van der Waals surface area contributed by atoms with Crippen molar-refractivity contribution in [2.24, 2.45) is 0 Å². The molecule has 2 rings (SSSR count). The second kappa shape index (κ2) is 5.43. The number of hydrogen-bond acceptors (Lipinski definition) is 5. The van der Waals surface area contributed by atoms with Crippen LogP contribution in [0.3, 0.4) is 0 Å². The van der Waals surface area contributed by atoms with E-state index in [0.29, 0.717) is 16.8 Å². The minimum absolute atomic E-state index is 0.115. The number of benzene rings is 1. The van der Waals surface area contributed by atoms with Crippen LogP contribution in [0, 0.1) is 10.1 Å². The molecule has 0 aliphatic carbocycles. The van der Waals surface area contributed by atoms with Gasteiger partial charge in [-0.3, -0.25) is 10.1 Å². The molecule has 1 aromatic heterocycles. The molecular weight excluding hydrogens is 264 g/mol. The highest BCUT2D eigenvalue weighted by atomic mass is 16.6. The van der Waals surface area contributed by atoms with Crippen LogP contribution in [0.1, 0.15) is 10.4 Å². The summed E-state index contributed by atoms with van der Waals surface area (Å²) in [4.78, 5) is 24.6. The Hall–Kier alpha value is -2.83. The van der Waals surface area contributed by atoms with E-state index in [1.165, 1.54) is 32.5 Å². The lowest BCUT2D eigenvalue weighted by atomic mass is 10.1. The number of rotatable bonds is 4. The Morgan fingerprint density at radius 3 is 2.65 bits per heavy atom. The van der Waals surface area contributed by atoms with E-state index < -0.39 is 10.9 Å². The molecule has 1 N–H and O–H groups in total. The summed E-state index contributed by atoms with van der Waals surface area (Å²) < 4.78 is 9.61. The number of hydrogen-bond donors (Lipinski definition) is 1. The van der Waals surface area contributed by atoms with Crippen LogP contribution >= 0.6 is 0 Å².